The van der Waals surface area contributed by atoms with Crippen LogP contribution in [-0.4, -0.2) is 28.7 Å². The van der Waals surface area contributed by atoms with Gasteiger partial charge in [0.2, 0.25) is 0 Å². The van der Waals surface area contributed by atoms with E-state index in [1.54, 1.807) is 0 Å². The average Bonchev–Trinajstić information content (AvgIpc) is 2.80. The third-order valence-corrected chi connectivity index (χ3v) is 3.04. The van der Waals surface area contributed by atoms with Crippen molar-refractivity contribution in [1.82, 2.24) is 10.6 Å². The first kappa shape index (κ1) is 12.8. The second-order valence-corrected chi connectivity index (χ2v) is 4.81. The van der Waals surface area contributed by atoms with Gasteiger partial charge in [-0.3, -0.25) is 0 Å². The quantitative estimate of drug-likeness (QED) is 0.664. The van der Waals surface area contributed by atoms with Crippen molar-refractivity contribution in [2.75, 3.05) is 0 Å². The molecule has 1 fully saturated rings. The number of urea groups is 1. The summed E-state index contributed by atoms with van der Waals surface area (Å²) >= 11 is 0. The Labute approximate surface area is 95.6 Å². The van der Waals surface area contributed by atoms with Gasteiger partial charge in [-0.2, -0.15) is 0 Å². The molecule has 1 rings (SSSR count). The summed E-state index contributed by atoms with van der Waals surface area (Å²) in [4.78, 5) is 22.6. The van der Waals surface area contributed by atoms with Crippen LogP contribution >= 0.6 is 0 Å². The lowest BCUT2D eigenvalue weighted by Crippen LogP contribution is -2.55. The Morgan fingerprint density at radius 2 is 2.06 bits per heavy atom. The fraction of sp³-hybridized carbons (Fsp3) is 0.818. The second-order valence-electron chi connectivity index (χ2n) is 4.81. The highest BCUT2D eigenvalue weighted by molar-refractivity contribution is 5.86. The molecule has 5 heteroatoms. The van der Waals surface area contributed by atoms with Crippen LogP contribution in [0.15, 0.2) is 0 Å². The maximum atomic E-state index is 11.5. The van der Waals surface area contributed by atoms with Gasteiger partial charge in [-0.1, -0.05) is 20.3 Å². The molecule has 0 radical (unpaired) electrons. The van der Waals surface area contributed by atoms with E-state index in [1.807, 2.05) is 13.8 Å². The number of carbonyl (C=O) groups excluding carboxylic acids is 1. The van der Waals surface area contributed by atoms with Crippen molar-refractivity contribution in [2.45, 2.75) is 51.6 Å². The van der Waals surface area contributed by atoms with Crippen LogP contribution in [0.25, 0.3) is 0 Å². The normalized spacial score (nSPS) is 26.7. The molecule has 0 heterocycles. The Bertz CT molecular complexity index is 293. The smallest absolute Gasteiger partial charge is 0.329 e. The molecule has 1 aliphatic carbocycles. The zero-order valence-electron chi connectivity index (χ0n) is 10.0. The predicted octanol–water partition coefficient (Wildman–Crippen LogP) is 1.34. The van der Waals surface area contributed by atoms with E-state index in [2.05, 4.69) is 10.6 Å². The molecular formula is C11H20N2O3. The summed E-state index contributed by atoms with van der Waals surface area (Å²) in [6.07, 6.45) is 2.11. The third-order valence-electron chi connectivity index (χ3n) is 3.04. The fourth-order valence-corrected chi connectivity index (χ4v) is 1.70. The molecule has 0 aliphatic heterocycles. The number of amides is 2. The summed E-state index contributed by atoms with van der Waals surface area (Å²) in [6.45, 7) is 5.48. The zero-order valence-corrected chi connectivity index (χ0v) is 10.0. The lowest BCUT2D eigenvalue weighted by molar-refractivity contribution is -0.144. The molecule has 0 bridgehead atoms. The Balaban J connectivity index is 2.47. The van der Waals surface area contributed by atoms with Crippen LogP contribution in [0.4, 0.5) is 4.79 Å². The SMILES string of the molecule is CCCC(C)(NC(=O)NC1CC1C)C(=O)O. The molecular weight excluding hydrogens is 208 g/mol. The highest BCUT2D eigenvalue weighted by Crippen LogP contribution is 2.28. The first-order valence-electron chi connectivity index (χ1n) is 5.71. The standard InChI is InChI=1S/C11H20N2O3/c1-4-5-11(3,9(14)15)13-10(16)12-8-6-7(8)2/h7-8H,4-6H2,1-3H3,(H,14,15)(H2,12,13,16). The molecule has 0 aromatic carbocycles. The van der Waals surface area contributed by atoms with Crippen molar-refractivity contribution < 1.29 is 14.7 Å². The van der Waals surface area contributed by atoms with Crippen molar-refractivity contribution >= 4 is 12.0 Å². The van der Waals surface area contributed by atoms with Gasteiger partial charge in [-0.05, 0) is 25.7 Å². The van der Waals surface area contributed by atoms with Crippen molar-refractivity contribution in [3.63, 3.8) is 0 Å². The molecule has 16 heavy (non-hydrogen) atoms. The number of rotatable bonds is 5. The molecule has 5 nitrogen and oxygen atoms in total. The molecule has 92 valence electrons. The van der Waals surface area contributed by atoms with Crippen molar-refractivity contribution in [3.8, 4) is 0 Å². The Morgan fingerprint density at radius 3 is 2.44 bits per heavy atom. The van der Waals surface area contributed by atoms with E-state index in [0.29, 0.717) is 18.8 Å². The minimum atomic E-state index is -1.17. The number of hydrogen-bond acceptors (Lipinski definition) is 2. The fourth-order valence-electron chi connectivity index (χ4n) is 1.70. The Morgan fingerprint density at radius 1 is 1.50 bits per heavy atom. The van der Waals surface area contributed by atoms with Crippen molar-refractivity contribution in [3.05, 3.63) is 0 Å². The average molecular weight is 228 g/mol. The van der Waals surface area contributed by atoms with E-state index in [-0.39, 0.29) is 12.1 Å². The number of hydrogen-bond donors (Lipinski definition) is 3. The molecule has 0 aromatic rings. The molecule has 2 amide bonds. The molecule has 0 saturated heterocycles. The molecule has 0 aromatic heterocycles. The number of nitrogens with one attached hydrogen (secondary N) is 2. The van der Waals surface area contributed by atoms with Gasteiger partial charge in [0.15, 0.2) is 0 Å². The van der Waals surface area contributed by atoms with Crippen LogP contribution in [0.5, 0.6) is 0 Å². The highest BCUT2D eigenvalue weighted by Gasteiger charge is 2.37. The van der Waals surface area contributed by atoms with Gasteiger partial charge >= 0.3 is 12.0 Å². The van der Waals surface area contributed by atoms with Crippen molar-refractivity contribution in [1.29, 1.82) is 0 Å². The summed E-state index contributed by atoms with van der Waals surface area (Å²) in [5.74, 6) is -0.485. The largest absolute Gasteiger partial charge is 0.480 e. The van der Waals surface area contributed by atoms with Crippen LogP contribution in [-0.2, 0) is 4.79 Å². The number of carboxylic acid groups (broad SMARTS) is 1. The van der Waals surface area contributed by atoms with Gasteiger partial charge in [0.25, 0.3) is 0 Å². The summed E-state index contributed by atoms with van der Waals surface area (Å²) in [5.41, 5.74) is -1.17. The molecule has 1 aliphatic rings. The molecule has 0 spiro atoms. The minimum absolute atomic E-state index is 0.208. The monoisotopic (exact) mass is 228 g/mol. The zero-order chi connectivity index (χ0) is 12.3. The van der Waals surface area contributed by atoms with Crippen LogP contribution < -0.4 is 10.6 Å². The molecule has 3 unspecified atom stereocenters. The maximum Gasteiger partial charge on any atom is 0.329 e. The van der Waals surface area contributed by atoms with Gasteiger partial charge in [0.1, 0.15) is 5.54 Å². The van der Waals surface area contributed by atoms with Gasteiger partial charge < -0.3 is 15.7 Å². The van der Waals surface area contributed by atoms with E-state index in [0.717, 1.165) is 6.42 Å². The Kier molecular flexibility index (Phi) is 3.78. The molecule has 1 saturated carbocycles. The first-order chi connectivity index (χ1) is 7.39. The van der Waals surface area contributed by atoms with E-state index >= 15 is 0 Å². The topological polar surface area (TPSA) is 78.4 Å². The number of carboxylic acids is 1. The highest BCUT2D eigenvalue weighted by atomic mass is 16.4. The summed E-state index contributed by atoms with van der Waals surface area (Å²) in [5, 5.41) is 14.4. The van der Waals surface area contributed by atoms with Crippen LogP contribution in [0.2, 0.25) is 0 Å². The second kappa shape index (κ2) is 4.72. The summed E-state index contributed by atoms with van der Waals surface area (Å²) in [6, 6.07) is -0.174. The van der Waals surface area contributed by atoms with Crippen LogP contribution in [0.1, 0.15) is 40.0 Å². The van der Waals surface area contributed by atoms with E-state index < -0.39 is 11.5 Å². The Hall–Kier alpha value is -1.26. The maximum absolute atomic E-state index is 11.5. The lowest BCUT2D eigenvalue weighted by atomic mass is 9.97. The van der Waals surface area contributed by atoms with Gasteiger partial charge in [-0.25, -0.2) is 9.59 Å². The third kappa shape index (κ3) is 3.12. The van der Waals surface area contributed by atoms with E-state index in [4.69, 9.17) is 5.11 Å². The van der Waals surface area contributed by atoms with Crippen LogP contribution in [0, 0.1) is 5.92 Å². The van der Waals surface area contributed by atoms with Gasteiger partial charge in [-0.15, -0.1) is 0 Å². The molecule has 3 atom stereocenters. The minimum Gasteiger partial charge on any atom is -0.480 e. The van der Waals surface area contributed by atoms with Gasteiger partial charge in [0, 0.05) is 6.04 Å². The molecule has 3 N–H and O–H groups in total. The number of aliphatic carboxylic acids is 1. The van der Waals surface area contributed by atoms with Gasteiger partial charge in [0.05, 0.1) is 0 Å². The lowest BCUT2D eigenvalue weighted by Gasteiger charge is -2.25. The van der Waals surface area contributed by atoms with E-state index in [9.17, 15) is 9.59 Å². The summed E-state index contributed by atoms with van der Waals surface area (Å²) < 4.78 is 0. The van der Waals surface area contributed by atoms with E-state index in [1.165, 1.54) is 6.92 Å². The predicted molar refractivity (Wildman–Crippen MR) is 60.2 cm³/mol. The van der Waals surface area contributed by atoms with Crippen molar-refractivity contribution in [2.24, 2.45) is 5.92 Å². The first-order valence-corrected chi connectivity index (χ1v) is 5.71. The van der Waals surface area contributed by atoms with Crippen LogP contribution in [0.3, 0.4) is 0 Å². The number of carbonyl (C=O) groups is 2. The summed E-state index contributed by atoms with van der Waals surface area (Å²) in [7, 11) is 0.